The Hall–Kier alpha value is -3.03. The molecule has 2 aromatic rings. The first kappa shape index (κ1) is 32.5. The molecule has 5 aliphatic rings. The molecule has 5 fully saturated rings. The van der Waals surface area contributed by atoms with Crippen molar-refractivity contribution in [2.45, 2.75) is 118 Å². The summed E-state index contributed by atoms with van der Waals surface area (Å²) < 4.78 is 7.80. The molecule has 0 aliphatic heterocycles. The summed E-state index contributed by atoms with van der Waals surface area (Å²) in [5, 5.41) is 19.8. The van der Waals surface area contributed by atoms with Crippen LogP contribution in [0, 0.1) is 56.7 Å². The van der Waals surface area contributed by atoms with Crippen LogP contribution < -0.4 is 0 Å². The highest BCUT2D eigenvalue weighted by Crippen LogP contribution is 2.77. The second kappa shape index (κ2) is 11.0. The number of aromatic nitrogens is 4. The van der Waals surface area contributed by atoms with Crippen LogP contribution in [0.25, 0.3) is 11.3 Å². The molecule has 5 aliphatic carbocycles. The van der Waals surface area contributed by atoms with Crippen molar-refractivity contribution >= 4 is 11.9 Å². The Balaban J connectivity index is 1.18. The molecule has 0 aromatic carbocycles. The van der Waals surface area contributed by atoms with Crippen molar-refractivity contribution in [2.24, 2.45) is 56.7 Å². The largest absolute Gasteiger partial charge is 0.481 e. The molecule has 0 unspecified atom stereocenters. The molecule has 2 aromatic heterocycles. The van der Waals surface area contributed by atoms with Crippen LogP contribution in [0.1, 0.15) is 106 Å². The molecule has 7 rings (SSSR count). The van der Waals surface area contributed by atoms with Gasteiger partial charge in [-0.05, 0) is 122 Å². The quantitative estimate of drug-likeness (QED) is 0.251. The number of fused-ring (bicyclic) bond motifs is 7. The van der Waals surface area contributed by atoms with Gasteiger partial charge in [-0.25, -0.2) is 4.68 Å². The number of esters is 1. The lowest BCUT2D eigenvalue weighted by atomic mass is 9.32. The molecule has 8 nitrogen and oxygen atoms in total. The summed E-state index contributed by atoms with van der Waals surface area (Å²) in [6, 6.07) is 3.88. The van der Waals surface area contributed by atoms with Crippen LogP contribution >= 0.6 is 0 Å². The fourth-order valence-corrected chi connectivity index (χ4v) is 13.2. The van der Waals surface area contributed by atoms with Gasteiger partial charge in [-0.2, -0.15) is 0 Å². The lowest BCUT2D eigenvalue weighted by Crippen LogP contribution is -2.67. The number of hydrogen-bond donors (Lipinski definition) is 1. The lowest BCUT2D eigenvalue weighted by Gasteiger charge is -2.72. The van der Waals surface area contributed by atoms with E-state index in [1.165, 1.54) is 0 Å². The molecule has 0 bridgehead atoms. The van der Waals surface area contributed by atoms with Crippen LogP contribution in [0.3, 0.4) is 0 Å². The molecule has 0 saturated heterocycles. The third-order valence-corrected chi connectivity index (χ3v) is 15.5. The van der Waals surface area contributed by atoms with Crippen molar-refractivity contribution in [1.82, 2.24) is 20.0 Å². The molecule has 1 N–H and O–H groups in total. The van der Waals surface area contributed by atoms with Gasteiger partial charge in [0, 0.05) is 30.3 Å². The second-order valence-corrected chi connectivity index (χ2v) is 17.5. The zero-order valence-electron chi connectivity index (χ0n) is 29.3. The molecule has 2 heterocycles. The molecule has 10 atom stereocenters. The highest BCUT2D eigenvalue weighted by atomic mass is 16.5. The summed E-state index contributed by atoms with van der Waals surface area (Å²) in [6.45, 7) is 19.1. The minimum absolute atomic E-state index is 0.0316. The standard InChI is InChI=1S/C39H54N4O4/c1-24(22-43-23-29(41-42-43)26-9-8-20-40-21-26)27-12-17-39(34(45)46)19-18-37(6)28(33(27)39)10-11-31-36(5)15-14-32(47-25(2)44)35(3,4)30(36)13-16-38(31,37)7/h8-9,20-21,23,27-28,30-33H,1,10-19,22H2,2-7H3,(H,45,46)/t27-,28+,30-,31+,32-,33+,36-,37+,38+,39-/m0/s1. The van der Waals surface area contributed by atoms with Gasteiger partial charge in [-0.3, -0.25) is 14.6 Å². The first-order valence-electron chi connectivity index (χ1n) is 18.1. The second-order valence-electron chi connectivity index (χ2n) is 17.5. The van der Waals surface area contributed by atoms with Crippen LogP contribution in [0.2, 0.25) is 0 Å². The van der Waals surface area contributed by atoms with Crippen LogP contribution in [0.15, 0.2) is 42.9 Å². The van der Waals surface area contributed by atoms with Gasteiger partial charge in [0.05, 0.1) is 18.2 Å². The number of carboxylic acids is 1. The number of allylic oxidation sites excluding steroid dienone is 1. The summed E-state index contributed by atoms with van der Waals surface area (Å²) in [6.07, 6.45) is 15.3. The van der Waals surface area contributed by atoms with Gasteiger partial charge in [-0.15, -0.1) is 5.10 Å². The molecule has 0 amide bonds. The van der Waals surface area contributed by atoms with E-state index >= 15 is 0 Å². The van der Waals surface area contributed by atoms with Crippen LogP contribution in [0.5, 0.6) is 0 Å². The topological polar surface area (TPSA) is 107 Å². The van der Waals surface area contributed by atoms with E-state index in [0.717, 1.165) is 81.0 Å². The lowest BCUT2D eigenvalue weighted by molar-refractivity contribution is -0.250. The zero-order valence-corrected chi connectivity index (χ0v) is 29.3. The maximum absolute atomic E-state index is 13.3. The third kappa shape index (κ3) is 4.62. The van der Waals surface area contributed by atoms with Crippen molar-refractivity contribution in [1.29, 1.82) is 0 Å². The van der Waals surface area contributed by atoms with Crippen molar-refractivity contribution in [3.8, 4) is 11.3 Å². The smallest absolute Gasteiger partial charge is 0.309 e. The minimum Gasteiger partial charge on any atom is -0.481 e. The van der Waals surface area contributed by atoms with Crippen LogP contribution in [-0.2, 0) is 20.9 Å². The first-order valence-corrected chi connectivity index (χ1v) is 18.1. The van der Waals surface area contributed by atoms with Gasteiger partial charge in [0.2, 0.25) is 0 Å². The number of carbonyl (C=O) groups excluding carboxylic acids is 1. The van der Waals surface area contributed by atoms with E-state index in [4.69, 9.17) is 4.74 Å². The molecule has 0 spiro atoms. The summed E-state index contributed by atoms with van der Waals surface area (Å²) in [5.74, 6) is 0.840. The number of rotatable bonds is 6. The summed E-state index contributed by atoms with van der Waals surface area (Å²) in [4.78, 5) is 29.6. The van der Waals surface area contributed by atoms with Crippen molar-refractivity contribution in [2.75, 3.05) is 0 Å². The van der Waals surface area contributed by atoms with E-state index in [1.807, 2.05) is 23.0 Å². The highest BCUT2D eigenvalue weighted by Gasteiger charge is 2.72. The molecular weight excluding hydrogens is 588 g/mol. The summed E-state index contributed by atoms with van der Waals surface area (Å²) in [5.41, 5.74) is 2.37. The average Bonchev–Trinajstić information content (AvgIpc) is 3.65. The van der Waals surface area contributed by atoms with E-state index in [1.54, 1.807) is 19.3 Å². The van der Waals surface area contributed by atoms with E-state index < -0.39 is 11.4 Å². The van der Waals surface area contributed by atoms with Crippen molar-refractivity contribution in [3.63, 3.8) is 0 Å². The number of nitrogens with zero attached hydrogens (tertiary/aromatic N) is 4. The Morgan fingerprint density at radius 2 is 1.77 bits per heavy atom. The first-order chi connectivity index (χ1) is 22.2. The molecule has 5 saturated carbocycles. The normalized spacial score (nSPS) is 41.9. The van der Waals surface area contributed by atoms with Gasteiger partial charge in [0.15, 0.2) is 0 Å². The predicted octanol–water partition coefficient (Wildman–Crippen LogP) is 7.99. The Bertz CT molecular complexity index is 1570. The fraction of sp³-hybridized carbons (Fsp3) is 0.718. The third-order valence-electron chi connectivity index (χ3n) is 15.5. The summed E-state index contributed by atoms with van der Waals surface area (Å²) >= 11 is 0. The Labute approximate surface area is 280 Å². The van der Waals surface area contributed by atoms with E-state index in [0.29, 0.717) is 24.3 Å². The predicted molar refractivity (Wildman–Crippen MR) is 180 cm³/mol. The number of hydrogen-bond acceptors (Lipinski definition) is 6. The maximum Gasteiger partial charge on any atom is 0.309 e. The maximum atomic E-state index is 13.3. The van der Waals surface area contributed by atoms with Crippen LogP contribution in [-0.4, -0.2) is 43.1 Å². The Morgan fingerprint density at radius 1 is 0.979 bits per heavy atom. The Kier molecular flexibility index (Phi) is 7.61. The fourth-order valence-electron chi connectivity index (χ4n) is 13.2. The van der Waals surface area contributed by atoms with Gasteiger partial charge >= 0.3 is 11.9 Å². The number of pyridine rings is 1. The molecule has 8 heteroatoms. The number of aliphatic carboxylic acids is 1. The number of carboxylic acid groups (broad SMARTS) is 1. The van der Waals surface area contributed by atoms with Gasteiger partial charge in [-0.1, -0.05) is 52.0 Å². The van der Waals surface area contributed by atoms with Gasteiger partial charge in [0.25, 0.3) is 0 Å². The van der Waals surface area contributed by atoms with E-state index in [-0.39, 0.29) is 45.6 Å². The van der Waals surface area contributed by atoms with Crippen LogP contribution in [0.4, 0.5) is 0 Å². The molecule has 0 radical (unpaired) electrons. The molecule has 47 heavy (non-hydrogen) atoms. The van der Waals surface area contributed by atoms with E-state index in [2.05, 4.69) is 56.5 Å². The molecule has 254 valence electrons. The SMILES string of the molecule is C=C(Cn1cc(-c2cccnc2)nn1)[C@@H]1CC[C@]2(C(=O)O)CC[C@]3(C)[C@H](CC[C@@H]4[C@@]5(C)CC[C@H](OC(C)=O)C(C)(C)[C@@H]5CC[C@]43C)[C@@H]12. The number of carbonyl (C=O) groups is 2. The van der Waals surface area contributed by atoms with Gasteiger partial charge < -0.3 is 9.84 Å². The van der Waals surface area contributed by atoms with Crippen molar-refractivity contribution < 1.29 is 19.4 Å². The van der Waals surface area contributed by atoms with Crippen molar-refractivity contribution in [3.05, 3.63) is 42.9 Å². The van der Waals surface area contributed by atoms with E-state index in [9.17, 15) is 14.7 Å². The zero-order chi connectivity index (χ0) is 33.6. The molecular formula is C39H54N4O4. The Morgan fingerprint density at radius 3 is 2.47 bits per heavy atom. The number of ether oxygens (including phenoxy) is 1. The van der Waals surface area contributed by atoms with Gasteiger partial charge in [0.1, 0.15) is 11.8 Å². The minimum atomic E-state index is -0.685. The monoisotopic (exact) mass is 642 g/mol. The average molecular weight is 643 g/mol. The highest BCUT2D eigenvalue weighted by molar-refractivity contribution is 5.76. The summed E-state index contributed by atoms with van der Waals surface area (Å²) in [7, 11) is 0.